The lowest BCUT2D eigenvalue weighted by Gasteiger charge is -2.15. The zero-order chi connectivity index (χ0) is 15.5. The summed E-state index contributed by atoms with van der Waals surface area (Å²) in [5.74, 6) is 0.709. The number of carbonyl (C=O) groups is 1. The third-order valence-corrected chi connectivity index (χ3v) is 5.55. The van der Waals surface area contributed by atoms with E-state index < -0.39 is 0 Å². The maximum atomic E-state index is 11.9. The first-order chi connectivity index (χ1) is 10.6. The lowest BCUT2D eigenvalue weighted by atomic mass is 9.93. The fraction of sp³-hybridized carbons (Fsp3) is 0.500. The summed E-state index contributed by atoms with van der Waals surface area (Å²) in [6.07, 6.45) is 3.27. The minimum absolute atomic E-state index is 0.238. The molecule has 0 bridgehead atoms. The van der Waals surface area contributed by atoms with E-state index in [1.165, 1.54) is 22.6 Å². The van der Waals surface area contributed by atoms with Crippen molar-refractivity contribution in [3.63, 3.8) is 0 Å². The van der Waals surface area contributed by atoms with Crippen LogP contribution in [0.2, 0.25) is 0 Å². The molecule has 8 heteroatoms. The highest BCUT2D eigenvalue weighted by Gasteiger charge is 2.20. The Morgan fingerprint density at radius 1 is 1.41 bits per heavy atom. The van der Waals surface area contributed by atoms with E-state index in [0.29, 0.717) is 17.6 Å². The molecule has 0 spiro atoms. The van der Waals surface area contributed by atoms with E-state index in [4.69, 9.17) is 0 Å². The summed E-state index contributed by atoms with van der Waals surface area (Å²) in [7, 11) is 1.83. The third kappa shape index (κ3) is 3.56. The lowest BCUT2D eigenvalue weighted by Crippen LogP contribution is -2.28. The second-order valence-corrected chi connectivity index (χ2v) is 7.38. The molecule has 2 heterocycles. The van der Waals surface area contributed by atoms with Crippen molar-refractivity contribution >= 4 is 39.0 Å². The molecule has 118 valence electrons. The molecular formula is C14H19N5OS2. The molecule has 0 aliphatic heterocycles. The Kier molecular flexibility index (Phi) is 4.58. The number of aryl methyl sites for hydroxylation is 1. The minimum Gasteiger partial charge on any atom is -0.365 e. The van der Waals surface area contributed by atoms with Gasteiger partial charge in [-0.15, -0.1) is 22.7 Å². The zero-order valence-corrected chi connectivity index (χ0v) is 14.2. The summed E-state index contributed by atoms with van der Waals surface area (Å²) >= 11 is 3.11. The Balaban J connectivity index is 1.53. The molecule has 3 rings (SSSR count). The van der Waals surface area contributed by atoms with Crippen LogP contribution in [-0.2, 0) is 19.4 Å². The minimum atomic E-state index is -0.238. The van der Waals surface area contributed by atoms with Gasteiger partial charge in [0.2, 0.25) is 0 Å². The fourth-order valence-corrected chi connectivity index (χ4v) is 4.25. The smallest absolute Gasteiger partial charge is 0.321 e. The van der Waals surface area contributed by atoms with Crippen LogP contribution in [0.1, 0.15) is 29.6 Å². The number of nitrogens with zero attached hydrogens (tertiary/aromatic N) is 2. The van der Waals surface area contributed by atoms with Gasteiger partial charge in [-0.3, -0.25) is 5.32 Å². The number of urea groups is 1. The predicted octanol–water partition coefficient (Wildman–Crippen LogP) is 3.09. The SMILES string of the molecule is CNc1nc(CNC(=O)Nc2nc3c(s2)CC(C)CC3)cs1. The van der Waals surface area contributed by atoms with Gasteiger partial charge in [0.15, 0.2) is 10.3 Å². The van der Waals surface area contributed by atoms with Crippen molar-refractivity contribution in [1.82, 2.24) is 15.3 Å². The molecule has 1 atom stereocenters. The summed E-state index contributed by atoms with van der Waals surface area (Å²) in [5, 5.41) is 12.1. The van der Waals surface area contributed by atoms with E-state index in [0.717, 1.165) is 29.4 Å². The molecule has 0 fully saturated rings. The van der Waals surface area contributed by atoms with Gasteiger partial charge in [-0.2, -0.15) is 0 Å². The number of hydrogen-bond acceptors (Lipinski definition) is 6. The van der Waals surface area contributed by atoms with Gasteiger partial charge in [0, 0.05) is 17.3 Å². The van der Waals surface area contributed by atoms with Crippen LogP contribution in [0.25, 0.3) is 0 Å². The topological polar surface area (TPSA) is 78.9 Å². The monoisotopic (exact) mass is 337 g/mol. The van der Waals surface area contributed by atoms with Gasteiger partial charge in [0.05, 0.1) is 17.9 Å². The third-order valence-electron chi connectivity index (χ3n) is 3.60. The second-order valence-electron chi connectivity index (χ2n) is 5.44. The van der Waals surface area contributed by atoms with Gasteiger partial charge in [-0.05, 0) is 25.2 Å². The van der Waals surface area contributed by atoms with E-state index in [-0.39, 0.29) is 6.03 Å². The van der Waals surface area contributed by atoms with Gasteiger partial charge in [-0.1, -0.05) is 6.92 Å². The van der Waals surface area contributed by atoms with E-state index >= 15 is 0 Å². The average Bonchev–Trinajstić information content (AvgIpc) is 3.10. The van der Waals surface area contributed by atoms with Crippen LogP contribution in [0.5, 0.6) is 0 Å². The van der Waals surface area contributed by atoms with Gasteiger partial charge in [0.25, 0.3) is 0 Å². The standard InChI is InChI=1S/C14H19N5OS2/c1-8-3-4-10-11(5-8)22-14(18-10)19-12(20)16-6-9-7-21-13(15-2)17-9/h7-8H,3-6H2,1-2H3,(H,15,17)(H2,16,18,19,20). The Labute approximate surface area is 137 Å². The Bertz CT molecular complexity index is 666. The highest BCUT2D eigenvalue weighted by atomic mass is 32.1. The molecule has 3 N–H and O–H groups in total. The van der Waals surface area contributed by atoms with Crippen LogP contribution in [0, 0.1) is 5.92 Å². The Morgan fingerprint density at radius 3 is 3.05 bits per heavy atom. The first-order valence-electron chi connectivity index (χ1n) is 7.29. The van der Waals surface area contributed by atoms with Gasteiger partial charge in [-0.25, -0.2) is 14.8 Å². The number of fused-ring (bicyclic) bond motifs is 1. The summed E-state index contributed by atoms with van der Waals surface area (Å²) in [6, 6.07) is -0.238. The number of aromatic nitrogens is 2. The van der Waals surface area contributed by atoms with E-state index in [1.807, 2.05) is 12.4 Å². The Morgan fingerprint density at radius 2 is 2.27 bits per heavy atom. The van der Waals surface area contributed by atoms with Crippen molar-refractivity contribution < 1.29 is 4.79 Å². The number of nitrogens with one attached hydrogen (secondary N) is 3. The normalized spacial score (nSPS) is 16.9. The van der Waals surface area contributed by atoms with Crippen molar-refractivity contribution in [2.75, 3.05) is 17.7 Å². The van der Waals surface area contributed by atoms with Crippen LogP contribution >= 0.6 is 22.7 Å². The second kappa shape index (κ2) is 6.62. The highest BCUT2D eigenvalue weighted by Crippen LogP contribution is 2.31. The largest absolute Gasteiger partial charge is 0.365 e. The summed E-state index contributed by atoms with van der Waals surface area (Å²) in [4.78, 5) is 22.1. The first kappa shape index (κ1) is 15.2. The maximum absolute atomic E-state index is 11.9. The molecule has 1 aliphatic carbocycles. The molecule has 2 aromatic heterocycles. The molecule has 1 unspecified atom stereocenters. The average molecular weight is 337 g/mol. The number of rotatable bonds is 4. The zero-order valence-electron chi connectivity index (χ0n) is 12.6. The number of carbonyl (C=O) groups excluding carboxylic acids is 1. The molecule has 2 amide bonds. The molecule has 1 aliphatic rings. The van der Waals surface area contributed by atoms with E-state index in [9.17, 15) is 4.79 Å². The Hall–Kier alpha value is -1.67. The molecule has 0 saturated carbocycles. The molecule has 0 radical (unpaired) electrons. The fourth-order valence-electron chi connectivity index (χ4n) is 2.41. The quantitative estimate of drug-likeness (QED) is 0.801. The van der Waals surface area contributed by atoms with Crippen molar-refractivity contribution in [3.8, 4) is 0 Å². The molecular weight excluding hydrogens is 318 g/mol. The lowest BCUT2D eigenvalue weighted by molar-refractivity contribution is 0.251. The van der Waals surface area contributed by atoms with E-state index in [2.05, 4.69) is 32.8 Å². The number of anilines is 2. The predicted molar refractivity (Wildman–Crippen MR) is 90.8 cm³/mol. The number of amides is 2. The van der Waals surface area contributed by atoms with Crippen LogP contribution in [0.4, 0.5) is 15.1 Å². The summed E-state index contributed by atoms with van der Waals surface area (Å²) < 4.78 is 0. The first-order valence-corrected chi connectivity index (χ1v) is 8.99. The molecule has 6 nitrogen and oxygen atoms in total. The maximum Gasteiger partial charge on any atom is 0.321 e. The number of thiazole rings is 2. The molecule has 0 saturated heterocycles. The van der Waals surface area contributed by atoms with E-state index in [1.54, 1.807) is 11.3 Å². The van der Waals surface area contributed by atoms with Gasteiger partial charge in [0.1, 0.15) is 0 Å². The van der Waals surface area contributed by atoms with Crippen LogP contribution in [-0.4, -0.2) is 23.0 Å². The molecule has 22 heavy (non-hydrogen) atoms. The van der Waals surface area contributed by atoms with Crippen LogP contribution in [0.3, 0.4) is 0 Å². The molecule has 0 aromatic carbocycles. The van der Waals surface area contributed by atoms with Crippen molar-refractivity contribution in [1.29, 1.82) is 0 Å². The van der Waals surface area contributed by atoms with Gasteiger partial charge >= 0.3 is 6.03 Å². The van der Waals surface area contributed by atoms with Gasteiger partial charge < -0.3 is 10.6 Å². The number of hydrogen-bond donors (Lipinski definition) is 3. The summed E-state index contributed by atoms with van der Waals surface area (Å²) in [6.45, 7) is 2.67. The highest BCUT2D eigenvalue weighted by molar-refractivity contribution is 7.15. The van der Waals surface area contributed by atoms with Crippen LogP contribution in [0.15, 0.2) is 5.38 Å². The summed E-state index contributed by atoms with van der Waals surface area (Å²) in [5.41, 5.74) is 1.99. The van der Waals surface area contributed by atoms with Crippen LogP contribution < -0.4 is 16.0 Å². The molecule has 2 aromatic rings. The van der Waals surface area contributed by atoms with Crippen molar-refractivity contribution in [2.45, 2.75) is 32.7 Å². The van der Waals surface area contributed by atoms with Crippen molar-refractivity contribution in [2.24, 2.45) is 5.92 Å². The van der Waals surface area contributed by atoms with Crippen molar-refractivity contribution in [3.05, 3.63) is 21.6 Å².